The number of halogens is 3. The summed E-state index contributed by atoms with van der Waals surface area (Å²) in [6, 6.07) is 11.2. The smallest absolute Gasteiger partial charge is 0.416 e. The van der Waals surface area contributed by atoms with Crippen LogP contribution in [0.4, 0.5) is 13.2 Å². The van der Waals surface area contributed by atoms with Crippen molar-refractivity contribution in [2.24, 2.45) is 5.10 Å². The highest BCUT2D eigenvalue weighted by Crippen LogP contribution is 2.29. The lowest BCUT2D eigenvalue weighted by molar-refractivity contribution is -0.137. The minimum atomic E-state index is -4.50. The summed E-state index contributed by atoms with van der Waals surface area (Å²) in [4.78, 5) is 11.9. The van der Waals surface area contributed by atoms with E-state index in [9.17, 15) is 18.0 Å². The van der Waals surface area contributed by atoms with E-state index in [1.54, 1.807) is 24.3 Å². The fraction of sp³-hybridized carbons (Fsp3) is 0.176. The molecule has 0 heterocycles. The molecule has 0 aromatic heterocycles. The van der Waals surface area contributed by atoms with Gasteiger partial charge in [0.1, 0.15) is 5.75 Å². The summed E-state index contributed by atoms with van der Waals surface area (Å²) in [6.45, 7) is 2.31. The van der Waals surface area contributed by atoms with Gasteiger partial charge in [0, 0.05) is 11.1 Å². The Morgan fingerprint density at radius 1 is 1.21 bits per heavy atom. The van der Waals surface area contributed by atoms with E-state index >= 15 is 0 Å². The first-order valence-electron chi connectivity index (χ1n) is 7.14. The van der Waals surface area contributed by atoms with Gasteiger partial charge in [0.05, 0.1) is 18.4 Å². The van der Waals surface area contributed by atoms with Crippen LogP contribution in [0.5, 0.6) is 5.75 Å². The Kier molecular flexibility index (Phi) is 5.57. The molecule has 4 nitrogen and oxygen atoms in total. The first-order valence-corrected chi connectivity index (χ1v) is 7.14. The number of carbonyl (C=O) groups is 1. The Hall–Kier alpha value is -2.83. The van der Waals surface area contributed by atoms with E-state index in [0.29, 0.717) is 17.9 Å². The lowest BCUT2D eigenvalue weighted by Gasteiger charge is -2.08. The van der Waals surface area contributed by atoms with E-state index < -0.39 is 17.6 Å². The zero-order chi connectivity index (χ0) is 17.6. The van der Waals surface area contributed by atoms with Crippen LogP contribution in [0.1, 0.15) is 28.4 Å². The molecular weight excluding hydrogens is 321 g/mol. The average Bonchev–Trinajstić information content (AvgIpc) is 2.56. The molecule has 1 amide bonds. The molecule has 126 valence electrons. The molecule has 0 radical (unpaired) electrons. The predicted molar refractivity (Wildman–Crippen MR) is 84.1 cm³/mol. The number of hydrazone groups is 1. The number of nitrogens with zero attached hydrogens (tertiary/aromatic N) is 1. The molecule has 1 N–H and O–H groups in total. The van der Waals surface area contributed by atoms with Crippen LogP contribution >= 0.6 is 0 Å². The van der Waals surface area contributed by atoms with E-state index in [4.69, 9.17) is 4.74 Å². The molecule has 0 aliphatic heterocycles. The average molecular weight is 336 g/mol. The normalized spacial score (nSPS) is 11.5. The van der Waals surface area contributed by atoms with Crippen molar-refractivity contribution in [2.45, 2.75) is 13.1 Å². The van der Waals surface area contributed by atoms with Gasteiger partial charge in [-0.1, -0.05) is 18.2 Å². The largest absolute Gasteiger partial charge is 0.493 e. The van der Waals surface area contributed by atoms with Crippen LogP contribution in [0.2, 0.25) is 0 Å². The second-order valence-electron chi connectivity index (χ2n) is 4.75. The Balaban J connectivity index is 2.08. The molecule has 2 rings (SSSR count). The summed E-state index contributed by atoms with van der Waals surface area (Å²) < 4.78 is 43.3. The molecule has 2 aromatic rings. The fourth-order valence-corrected chi connectivity index (χ4v) is 1.94. The van der Waals surface area contributed by atoms with E-state index in [-0.39, 0.29) is 5.56 Å². The van der Waals surface area contributed by atoms with E-state index in [1.165, 1.54) is 18.3 Å². The minimum absolute atomic E-state index is 0.125. The van der Waals surface area contributed by atoms with Crippen molar-refractivity contribution >= 4 is 12.1 Å². The van der Waals surface area contributed by atoms with Crippen LogP contribution in [-0.4, -0.2) is 18.7 Å². The topological polar surface area (TPSA) is 50.7 Å². The highest BCUT2D eigenvalue weighted by atomic mass is 19.4. The molecule has 0 saturated carbocycles. The molecule has 7 heteroatoms. The molecule has 0 bridgehead atoms. The summed E-state index contributed by atoms with van der Waals surface area (Å²) in [5.74, 6) is -0.136. The highest BCUT2D eigenvalue weighted by Gasteiger charge is 2.30. The summed E-state index contributed by atoms with van der Waals surface area (Å²) in [6.07, 6.45) is -3.13. The maximum Gasteiger partial charge on any atom is 0.416 e. The summed E-state index contributed by atoms with van der Waals surface area (Å²) >= 11 is 0. The molecule has 2 aromatic carbocycles. The third kappa shape index (κ3) is 4.58. The third-order valence-corrected chi connectivity index (χ3v) is 3.04. The molecule has 0 aliphatic carbocycles. The van der Waals surface area contributed by atoms with Crippen molar-refractivity contribution in [1.82, 2.24) is 5.43 Å². The van der Waals surface area contributed by atoms with Crippen LogP contribution in [-0.2, 0) is 6.18 Å². The molecule has 0 unspecified atom stereocenters. The van der Waals surface area contributed by atoms with E-state index in [0.717, 1.165) is 12.1 Å². The SMILES string of the molecule is CCOc1ccccc1/C=N\NC(=O)c1cccc(C(F)(F)F)c1. The number of para-hydroxylation sites is 1. The van der Waals surface area contributed by atoms with Crippen LogP contribution in [0.3, 0.4) is 0 Å². The van der Waals surface area contributed by atoms with Gasteiger partial charge in [0.2, 0.25) is 0 Å². The maximum atomic E-state index is 12.6. The highest BCUT2D eigenvalue weighted by molar-refractivity contribution is 5.95. The second kappa shape index (κ2) is 7.63. The molecule has 0 spiro atoms. The minimum Gasteiger partial charge on any atom is -0.493 e. The lowest BCUT2D eigenvalue weighted by atomic mass is 10.1. The van der Waals surface area contributed by atoms with Crippen LogP contribution in [0.15, 0.2) is 53.6 Å². The summed E-state index contributed by atoms with van der Waals surface area (Å²) in [5, 5.41) is 3.77. The van der Waals surface area contributed by atoms with Crippen molar-refractivity contribution in [2.75, 3.05) is 6.61 Å². The molecular formula is C17H15F3N2O2. The zero-order valence-electron chi connectivity index (χ0n) is 12.8. The monoisotopic (exact) mass is 336 g/mol. The maximum absolute atomic E-state index is 12.6. The first kappa shape index (κ1) is 17.5. The zero-order valence-corrected chi connectivity index (χ0v) is 12.8. The van der Waals surface area contributed by atoms with Crippen molar-refractivity contribution in [3.63, 3.8) is 0 Å². The molecule has 0 saturated heterocycles. The van der Waals surface area contributed by atoms with Gasteiger partial charge in [0.25, 0.3) is 5.91 Å². The molecule has 0 aliphatic rings. The Morgan fingerprint density at radius 2 is 1.96 bits per heavy atom. The van der Waals surface area contributed by atoms with Gasteiger partial charge in [-0.2, -0.15) is 18.3 Å². The van der Waals surface area contributed by atoms with Crippen molar-refractivity contribution in [3.8, 4) is 5.75 Å². The Labute approximate surface area is 137 Å². The van der Waals surface area contributed by atoms with E-state index in [2.05, 4.69) is 10.5 Å². The summed E-state index contributed by atoms with van der Waals surface area (Å²) in [7, 11) is 0. The van der Waals surface area contributed by atoms with E-state index in [1.807, 2.05) is 6.92 Å². The fourth-order valence-electron chi connectivity index (χ4n) is 1.94. The van der Waals surface area contributed by atoms with Gasteiger partial charge in [0.15, 0.2) is 0 Å². The Morgan fingerprint density at radius 3 is 2.67 bits per heavy atom. The van der Waals surface area contributed by atoms with Gasteiger partial charge in [-0.25, -0.2) is 5.43 Å². The van der Waals surface area contributed by atoms with Gasteiger partial charge in [-0.15, -0.1) is 0 Å². The number of amides is 1. The number of rotatable bonds is 5. The van der Waals surface area contributed by atoms with Gasteiger partial charge < -0.3 is 4.74 Å². The van der Waals surface area contributed by atoms with Crippen LogP contribution in [0, 0.1) is 0 Å². The van der Waals surface area contributed by atoms with Gasteiger partial charge in [-0.3, -0.25) is 4.79 Å². The predicted octanol–water partition coefficient (Wildman–Crippen LogP) is 3.87. The van der Waals surface area contributed by atoms with Crippen molar-refractivity contribution in [1.29, 1.82) is 0 Å². The standard InChI is InChI=1S/C17H15F3N2O2/c1-2-24-15-9-4-3-6-13(15)11-21-22-16(23)12-7-5-8-14(10-12)17(18,19)20/h3-11H,2H2,1H3,(H,22,23)/b21-11-. The third-order valence-electron chi connectivity index (χ3n) is 3.04. The summed E-state index contributed by atoms with van der Waals surface area (Å²) in [5.41, 5.74) is 1.83. The number of hydrogen-bond donors (Lipinski definition) is 1. The van der Waals surface area contributed by atoms with Gasteiger partial charge >= 0.3 is 6.18 Å². The quantitative estimate of drug-likeness (QED) is 0.666. The number of carbonyl (C=O) groups excluding carboxylic acids is 1. The number of hydrogen-bond acceptors (Lipinski definition) is 3. The van der Waals surface area contributed by atoms with Gasteiger partial charge in [-0.05, 0) is 37.3 Å². The number of nitrogens with one attached hydrogen (secondary N) is 1. The first-order chi connectivity index (χ1) is 11.4. The van der Waals surface area contributed by atoms with Crippen molar-refractivity contribution < 1.29 is 22.7 Å². The molecule has 0 fully saturated rings. The number of ether oxygens (including phenoxy) is 1. The number of benzene rings is 2. The molecule has 24 heavy (non-hydrogen) atoms. The molecule has 0 atom stereocenters. The van der Waals surface area contributed by atoms with Crippen molar-refractivity contribution in [3.05, 3.63) is 65.2 Å². The second-order valence-corrected chi connectivity index (χ2v) is 4.75. The van der Waals surface area contributed by atoms with Crippen LogP contribution < -0.4 is 10.2 Å². The van der Waals surface area contributed by atoms with Crippen LogP contribution in [0.25, 0.3) is 0 Å². The number of alkyl halides is 3. The Bertz CT molecular complexity index is 743. The lowest BCUT2D eigenvalue weighted by Crippen LogP contribution is -2.18.